The Bertz CT molecular complexity index is 671. The summed E-state index contributed by atoms with van der Waals surface area (Å²) in [6.45, 7) is 13.8. The second-order valence-corrected chi connectivity index (χ2v) is 8.86. The molecule has 6 heteroatoms. The minimum absolute atomic E-state index is 0.0486. The van der Waals surface area contributed by atoms with Crippen LogP contribution in [0.15, 0.2) is 18.2 Å². The minimum Gasteiger partial charge on any atom is -0.371 e. The fourth-order valence-electron chi connectivity index (χ4n) is 3.16. The third kappa shape index (κ3) is 6.45. The first-order valence-corrected chi connectivity index (χ1v) is 9.84. The summed E-state index contributed by atoms with van der Waals surface area (Å²) in [6, 6.07) is 5.34. The molecule has 2 rings (SSSR count). The smallest absolute Gasteiger partial charge is 0.319 e. The first-order chi connectivity index (χ1) is 12.5. The Balaban J connectivity index is 2.26. The predicted molar refractivity (Wildman–Crippen MR) is 112 cm³/mol. The molecular weight excluding hydrogens is 340 g/mol. The van der Waals surface area contributed by atoms with Crippen LogP contribution in [0.3, 0.4) is 0 Å². The molecule has 1 aromatic rings. The number of amides is 3. The molecule has 27 heavy (non-hydrogen) atoms. The van der Waals surface area contributed by atoms with Crippen molar-refractivity contribution in [2.45, 2.75) is 66.0 Å². The van der Waals surface area contributed by atoms with Gasteiger partial charge in [-0.15, -0.1) is 0 Å². The molecule has 0 unspecified atom stereocenters. The molecule has 1 aliphatic heterocycles. The van der Waals surface area contributed by atoms with Crippen LogP contribution >= 0.6 is 0 Å². The molecule has 1 heterocycles. The van der Waals surface area contributed by atoms with E-state index in [0.717, 1.165) is 37.5 Å². The molecule has 0 aliphatic carbocycles. The van der Waals surface area contributed by atoms with E-state index in [-0.39, 0.29) is 23.5 Å². The van der Waals surface area contributed by atoms with Crippen LogP contribution < -0.4 is 20.9 Å². The Hall–Kier alpha value is -2.24. The lowest BCUT2D eigenvalue weighted by Crippen LogP contribution is -2.43. The Kier molecular flexibility index (Phi) is 6.73. The van der Waals surface area contributed by atoms with Gasteiger partial charge in [0.05, 0.1) is 5.56 Å². The van der Waals surface area contributed by atoms with Crippen LogP contribution in [-0.4, -0.2) is 36.6 Å². The van der Waals surface area contributed by atoms with Crippen LogP contribution in [0, 0.1) is 5.92 Å². The number of hydrogen-bond donors (Lipinski definition) is 3. The number of anilines is 2. The summed E-state index contributed by atoms with van der Waals surface area (Å²) in [5.74, 6) is 0.606. The molecule has 0 radical (unpaired) electrons. The summed E-state index contributed by atoms with van der Waals surface area (Å²) in [5.41, 5.74) is 1.82. The Labute approximate surface area is 163 Å². The van der Waals surface area contributed by atoms with Crippen LogP contribution in [0.4, 0.5) is 16.2 Å². The van der Waals surface area contributed by atoms with Crippen LogP contribution in [0.5, 0.6) is 0 Å². The van der Waals surface area contributed by atoms with Gasteiger partial charge in [0.2, 0.25) is 0 Å². The number of benzene rings is 1. The topological polar surface area (TPSA) is 73.5 Å². The highest BCUT2D eigenvalue weighted by Crippen LogP contribution is 2.29. The highest BCUT2D eigenvalue weighted by atomic mass is 16.2. The van der Waals surface area contributed by atoms with Gasteiger partial charge in [-0.1, -0.05) is 6.92 Å². The number of piperidine rings is 1. The van der Waals surface area contributed by atoms with E-state index in [1.165, 1.54) is 0 Å². The largest absolute Gasteiger partial charge is 0.371 e. The average Bonchev–Trinajstić information content (AvgIpc) is 2.53. The fraction of sp³-hybridized carbons (Fsp3) is 0.619. The standard InChI is InChI=1S/C21H34N4O2/c1-14(2)22-19(26)17-13-16(23-20(27)24-21(4,5)6)7-8-18(17)25-11-9-15(3)10-12-25/h7-8,13-15H,9-12H2,1-6H3,(H,22,26)(H2,23,24,27). The zero-order valence-corrected chi connectivity index (χ0v) is 17.5. The highest BCUT2D eigenvalue weighted by molar-refractivity contribution is 6.02. The van der Waals surface area contributed by atoms with E-state index in [0.29, 0.717) is 11.3 Å². The molecular formula is C21H34N4O2. The van der Waals surface area contributed by atoms with Gasteiger partial charge < -0.3 is 20.9 Å². The number of urea groups is 1. The van der Waals surface area contributed by atoms with Crippen molar-refractivity contribution >= 4 is 23.3 Å². The number of carbonyl (C=O) groups is 2. The molecule has 1 aliphatic rings. The zero-order chi connectivity index (χ0) is 20.2. The summed E-state index contributed by atoms with van der Waals surface area (Å²) in [7, 11) is 0. The fourth-order valence-corrected chi connectivity index (χ4v) is 3.16. The SMILES string of the molecule is CC1CCN(c2ccc(NC(=O)NC(C)(C)C)cc2C(=O)NC(C)C)CC1. The zero-order valence-electron chi connectivity index (χ0n) is 17.5. The van der Waals surface area contributed by atoms with E-state index in [1.807, 2.05) is 46.8 Å². The van der Waals surface area contributed by atoms with Crippen molar-refractivity contribution in [3.05, 3.63) is 23.8 Å². The van der Waals surface area contributed by atoms with E-state index in [2.05, 4.69) is 27.8 Å². The van der Waals surface area contributed by atoms with Crippen molar-refractivity contribution in [2.75, 3.05) is 23.3 Å². The van der Waals surface area contributed by atoms with Crippen LogP contribution in [0.1, 0.15) is 64.7 Å². The number of nitrogens with one attached hydrogen (secondary N) is 3. The summed E-state index contributed by atoms with van der Waals surface area (Å²) in [5, 5.41) is 8.68. The van der Waals surface area contributed by atoms with E-state index in [1.54, 1.807) is 6.07 Å². The van der Waals surface area contributed by atoms with Gasteiger partial charge in [0.1, 0.15) is 0 Å². The molecule has 0 spiro atoms. The Morgan fingerprint density at radius 3 is 2.33 bits per heavy atom. The third-order valence-electron chi connectivity index (χ3n) is 4.53. The molecule has 3 N–H and O–H groups in total. The maximum atomic E-state index is 12.8. The predicted octanol–water partition coefficient (Wildman–Crippen LogP) is 3.98. The van der Waals surface area contributed by atoms with E-state index < -0.39 is 0 Å². The van der Waals surface area contributed by atoms with Crippen molar-refractivity contribution in [3.63, 3.8) is 0 Å². The van der Waals surface area contributed by atoms with Gasteiger partial charge in [-0.05, 0) is 71.6 Å². The van der Waals surface area contributed by atoms with Gasteiger partial charge in [0.15, 0.2) is 0 Å². The molecule has 0 atom stereocenters. The average molecular weight is 375 g/mol. The molecule has 3 amide bonds. The number of rotatable bonds is 4. The second-order valence-electron chi connectivity index (χ2n) is 8.86. The number of nitrogens with zero attached hydrogens (tertiary/aromatic N) is 1. The normalized spacial score (nSPS) is 15.6. The molecule has 0 bridgehead atoms. The van der Waals surface area contributed by atoms with Crippen molar-refractivity contribution in [1.29, 1.82) is 0 Å². The first kappa shape index (κ1) is 21.1. The van der Waals surface area contributed by atoms with Crippen molar-refractivity contribution in [3.8, 4) is 0 Å². The lowest BCUT2D eigenvalue weighted by Gasteiger charge is -2.33. The molecule has 0 aromatic heterocycles. The number of hydrogen-bond acceptors (Lipinski definition) is 3. The monoisotopic (exact) mass is 374 g/mol. The minimum atomic E-state index is -0.327. The molecule has 150 valence electrons. The molecule has 1 aromatic carbocycles. The van der Waals surface area contributed by atoms with E-state index in [9.17, 15) is 9.59 Å². The van der Waals surface area contributed by atoms with Gasteiger partial charge in [-0.2, -0.15) is 0 Å². The molecule has 0 saturated carbocycles. The van der Waals surface area contributed by atoms with E-state index >= 15 is 0 Å². The molecule has 6 nitrogen and oxygen atoms in total. The summed E-state index contributed by atoms with van der Waals surface area (Å²) in [6.07, 6.45) is 2.25. The van der Waals surface area contributed by atoms with Crippen LogP contribution in [-0.2, 0) is 0 Å². The lowest BCUT2D eigenvalue weighted by atomic mass is 9.97. The van der Waals surface area contributed by atoms with Gasteiger partial charge in [0, 0.05) is 36.0 Å². The first-order valence-electron chi connectivity index (χ1n) is 9.84. The van der Waals surface area contributed by atoms with Crippen LogP contribution in [0.25, 0.3) is 0 Å². The van der Waals surface area contributed by atoms with Gasteiger partial charge in [-0.3, -0.25) is 4.79 Å². The number of carbonyl (C=O) groups excluding carboxylic acids is 2. The Morgan fingerprint density at radius 1 is 1.15 bits per heavy atom. The Morgan fingerprint density at radius 2 is 1.78 bits per heavy atom. The van der Waals surface area contributed by atoms with Crippen molar-refractivity contribution in [1.82, 2.24) is 10.6 Å². The summed E-state index contributed by atoms with van der Waals surface area (Å²) in [4.78, 5) is 27.2. The lowest BCUT2D eigenvalue weighted by molar-refractivity contribution is 0.0943. The summed E-state index contributed by atoms with van der Waals surface area (Å²) < 4.78 is 0. The van der Waals surface area contributed by atoms with Gasteiger partial charge >= 0.3 is 6.03 Å². The maximum Gasteiger partial charge on any atom is 0.319 e. The highest BCUT2D eigenvalue weighted by Gasteiger charge is 2.22. The van der Waals surface area contributed by atoms with Crippen LogP contribution in [0.2, 0.25) is 0 Å². The van der Waals surface area contributed by atoms with E-state index in [4.69, 9.17) is 0 Å². The molecule has 1 fully saturated rings. The van der Waals surface area contributed by atoms with Gasteiger partial charge in [0.25, 0.3) is 5.91 Å². The quantitative estimate of drug-likeness (QED) is 0.746. The third-order valence-corrected chi connectivity index (χ3v) is 4.53. The van der Waals surface area contributed by atoms with Crippen molar-refractivity contribution < 1.29 is 9.59 Å². The second kappa shape index (κ2) is 8.63. The summed E-state index contributed by atoms with van der Waals surface area (Å²) >= 11 is 0. The van der Waals surface area contributed by atoms with Gasteiger partial charge in [-0.25, -0.2) is 4.79 Å². The maximum absolute atomic E-state index is 12.8. The molecule has 1 saturated heterocycles. The van der Waals surface area contributed by atoms with Crippen molar-refractivity contribution in [2.24, 2.45) is 5.92 Å².